The van der Waals surface area contributed by atoms with Crippen molar-refractivity contribution in [2.75, 3.05) is 18.4 Å². The van der Waals surface area contributed by atoms with Gasteiger partial charge in [-0.1, -0.05) is 24.9 Å². The molecule has 1 aromatic carbocycles. The molecule has 0 radical (unpaired) electrons. The number of H-pyrrole nitrogens is 1. The number of aromatic nitrogens is 1. The van der Waals surface area contributed by atoms with Crippen molar-refractivity contribution in [2.45, 2.75) is 31.4 Å². The monoisotopic (exact) mass is 385 g/mol. The van der Waals surface area contributed by atoms with Crippen LogP contribution >= 0.6 is 11.6 Å². The summed E-state index contributed by atoms with van der Waals surface area (Å²) in [5, 5.41) is 5.96. The van der Waals surface area contributed by atoms with Gasteiger partial charge < -0.3 is 15.6 Å². The third kappa shape index (κ3) is 2.99. The van der Waals surface area contributed by atoms with Crippen molar-refractivity contribution in [2.24, 2.45) is 0 Å². The van der Waals surface area contributed by atoms with Crippen LogP contribution in [-0.4, -0.2) is 24.2 Å². The number of fused-ring (bicyclic) bond motifs is 2. The fraction of sp³-hybridized carbons (Fsp3) is 0.389. The first-order valence-electron chi connectivity index (χ1n) is 8.38. The Morgan fingerprint density at radius 2 is 2.00 bits per heavy atom. The minimum Gasteiger partial charge on any atom is -0.351 e. The van der Waals surface area contributed by atoms with Crippen molar-refractivity contribution in [3.05, 3.63) is 57.0 Å². The molecule has 1 aromatic heterocycles. The molecule has 140 valence electrons. The van der Waals surface area contributed by atoms with Crippen LogP contribution in [0.4, 0.5) is 24.5 Å². The minimum atomic E-state index is -4.63. The van der Waals surface area contributed by atoms with Crippen LogP contribution in [0, 0.1) is 0 Å². The summed E-state index contributed by atoms with van der Waals surface area (Å²) in [4.78, 5) is 14.6. The van der Waals surface area contributed by atoms with E-state index >= 15 is 0 Å². The van der Waals surface area contributed by atoms with Gasteiger partial charge in [0, 0.05) is 29.0 Å². The second-order valence-corrected chi connectivity index (χ2v) is 6.78. The number of aromatic amines is 1. The molecule has 2 heterocycles. The highest BCUT2D eigenvalue weighted by molar-refractivity contribution is 6.30. The number of halogens is 4. The molecule has 0 fully saturated rings. The Morgan fingerprint density at radius 3 is 2.69 bits per heavy atom. The lowest BCUT2D eigenvalue weighted by Crippen LogP contribution is -2.53. The number of pyridine rings is 1. The van der Waals surface area contributed by atoms with Gasteiger partial charge in [0.1, 0.15) is 11.1 Å². The smallest absolute Gasteiger partial charge is 0.351 e. The van der Waals surface area contributed by atoms with Crippen LogP contribution < -0.4 is 16.2 Å². The molecule has 3 N–H and O–H groups in total. The normalized spacial score (nSPS) is 18.8. The lowest BCUT2D eigenvalue weighted by molar-refractivity contribution is -0.177. The Bertz CT molecular complexity index is 865. The minimum absolute atomic E-state index is 0.0135. The number of anilines is 2. The zero-order chi connectivity index (χ0) is 18.9. The number of rotatable bonds is 5. The molecule has 1 aliphatic heterocycles. The summed E-state index contributed by atoms with van der Waals surface area (Å²) in [5.41, 5.74) is -2.90. The van der Waals surface area contributed by atoms with Crippen LogP contribution in [0.1, 0.15) is 30.9 Å². The molecule has 0 saturated carbocycles. The molecule has 4 nitrogen and oxygen atoms in total. The Hall–Kier alpha value is -1.99. The number of hydrogen-bond donors (Lipinski definition) is 3. The van der Waals surface area contributed by atoms with Crippen molar-refractivity contribution in [1.82, 2.24) is 10.3 Å². The van der Waals surface area contributed by atoms with Crippen molar-refractivity contribution in [3.8, 4) is 0 Å². The van der Waals surface area contributed by atoms with Crippen LogP contribution in [0.2, 0.25) is 5.02 Å². The van der Waals surface area contributed by atoms with Gasteiger partial charge >= 0.3 is 6.18 Å². The standard InChI is InChI=1S/C18H19ClF3N3O/c1-2-3-7-23-10-17(18(20,21)22)12-6-8-24-16(26)15(12)25-14-5-4-11(19)9-13(14)17/h4-6,8-9,23,25H,2-3,7,10H2,1H3,(H,24,26). The molecule has 26 heavy (non-hydrogen) atoms. The lowest BCUT2D eigenvalue weighted by atomic mass is 9.70. The number of nitrogens with one attached hydrogen (secondary N) is 3. The number of unbranched alkanes of at least 4 members (excludes halogenated alkanes) is 1. The summed E-state index contributed by atoms with van der Waals surface area (Å²) < 4.78 is 43.5. The van der Waals surface area contributed by atoms with Crippen molar-refractivity contribution in [1.29, 1.82) is 0 Å². The van der Waals surface area contributed by atoms with Gasteiger partial charge in [-0.15, -0.1) is 0 Å². The second-order valence-electron chi connectivity index (χ2n) is 6.34. The molecular weight excluding hydrogens is 367 g/mol. The van der Waals surface area contributed by atoms with Gasteiger partial charge in [0.25, 0.3) is 5.56 Å². The predicted octanol–water partition coefficient (Wildman–Crippen LogP) is 4.32. The molecule has 0 spiro atoms. The summed E-state index contributed by atoms with van der Waals surface area (Å²) in [7, 11) is 0. The second kappa shape index (κ2) is 6.96. The Morgan fingerprint density at radius 1 is 1.23 bits per heavy atom. The summed E-state index contributed by atoms with van der Waals surface area (Å²) in [6, 6.07) is 5.60. The Labute approximate surface area is 153 Å². The predicted molar refractivity (Wildman–Crippen MR) is 96.4 cm³/mol. The fourth-order valence-corrected chi connectivity index (χ4v) is 3.56. The topological polar surface area (TPSA) is 56.9 Å². The third-order valence-corrected chi connectivity index (χ3v) is 4.94. The number of benzene rings is 1. The highest BCUT2D eigenvalue weighted by Gasteiger charge is 2.60. The summed E-state index contributed by atoms with van der Waals surface area (Å²) in [6.45, 7) is 2.05. The van der Waals surface area contributed by atoms with E-state index in [1.807, 2.05) is 6.92 Å². The van der Waals surface area contributed by atoms with E-state index in [9.17, 15) is 18.0 Å². The summed E-state index contributed by atoms with van der Waals surface area (Å²) in [6.07, 6.45) is -1.76. The van der Waals surface area contributed by atoms with Crippen molar-refractivity contribution in [3.63, 3.8) is 0 Å². The molecule has 2 aromatic rings. The van der Waals surface area contributed by atoms with Crippen LogP contribution in [0.3, 0.4) is 0 Å². The van der Waals surface area contributed by atoms with Gasteiger partial charge in [0.15, 0.2) is 0 Å². The average molecular weight is 386 g/mol. The van der Waals surface area contributed by atoms with E-state index in [1.165, 1.54) is 30.5 Å². The van der Waals surface area contributed by atoms with E-state index in [2.05, 4.69) is 15.6 Å². The van der Waals surface area contributed by atoms with Crippen LogP contribution in [0.15, 0.2) is 35.3 Å². The molecule has 0 saturated heterocycles. The fourth-order valence-electron chi connectivity index (χ4n) is 3.39. The highest BCUT2D eigenvalue weighted by Crippen LogP contribution is 2.53. The van der Waals surface area contributed by atoms with E-state index in [0.29, 0.717) is 6.54 Å². The lowest BCUT2D eigenvalue weighted by Gasteiger charge is -2.42. The van der Waals surface area contributed by atoms with E-state index in [-0.39, 0.29) is 34.1 Å². The first kappa shape index (κ1) is 18.8. The Kier molecular flexibility index (Phi) is 5.03. The molecule has 8 heteroatoms. The first-order chi connectivity index (χ1) is 12.3. The third-order valence-electron chi connectivity index (χ3n) is 4.70. The molecule has 3 rings (SSSR count). The van der Waals surface area contributed by atoms with Crippen LogP contribution in [0.5, 0.6) is 0 Å². The van der Waals surface area contributed by atoms with E-state index in [4.69, 9.17) is 11.6 Å². The van der Waals surface area contributed by atoms with Gasteiger partial charge in [0.05, 0.1) is 0 Å². The summed E-state index contributed by atoms with van der Waals surface area (Å²) >= 11 is 6.01. The number of alkyl halides is 3. The van der Waals surface area contributed by atoms with Crippen molar-refractivity contribution < 1.29 is 13.2 Å². The van der Waals surface area contributed by atoms with Crippen molar-refractivity contribution >= 4 is 23.0 Å². The number of hydrogen-bond acceptors (Lipinski definition) is 3. The molecule has 0 bridgehead atoms. The molecule has 1 unspecified atom stereocenters. The molecule has 0 aliphatic carbocycles. The zero-order valence-electron chi connectivity index (χ0n) is 14.1. The highest BCUT2D eigenvalue weighted by atomic mass is 35.5. The zero-order valence-corrected chi connectivity index (χ0v) is 14.9. The quantitative estimate of drug-likeness (QED) is 0.672. The van der Waals surface area contributed by atoms with Gasteiger partial charge in [-0.25, -0.2) is 0 Å². The largest absolute Gasteiger partial charge is 0.403 e. The molecular formula is C18H19ClF3N3O. The average Bonchev–Trinajstić information content (AvgIpc) is 2.58. The van der Waals surface area contributed by atoms with Gasteiger partial charge in [-0.05, 0) is 42.8 Å². The maximum absolute atomic E-state index is 14.5. The van der Waals surface area contributed by atoms with Gasteiger partial charge in [0.2, 0.25) is 0 Å². The van der Waals surface area contributed by atoms with Gasteiger partial charge in [-0.3, -0.25) is 4.79 Å². The van der Waals surface area contributed by atoms with Gasteiger partial charge in [-0.2, -0.15) is 13.2 Å². The molecule has 1 aliphatic rings. The maximum atomic E-state index is 14.5. The van der Waals surface area contributed by atoms with E-state index in [1.54, 1.807) is 0 Å². The van der Waals surface area contributed by atoms with Crippen LogP contribution in [0.25, 0.3) is 0 Å². The summed E-state index contributed by atoms with van der Waals surface area (Å²) in [5.74, 6) is 0. The molecule has 1 atom stereocenters. The SMILES string of the molecule is CCCCNCC1(C(F)(F)F)c2cc(Cl)ccc2Nc2c1cc[nH]c2=O. The van der Waals surface area contributed by atoms with Crippen LogP contribution in [-0.2, 0) is 5.41 Å². The van der Waals surface area contributed by atoms with E-state index in [0.717, 1.165) is 12.8 Å². The molecule has 0 amide bonds. The maximum Gasteiger partial charge on any atom is 0.403 e. The first-order valence-corrected chi connectivity index (χ1v) is 8.75. The van der Waals surface area contributed by atoms with E-state index < -0.39 is 17.2 Å². The Balaban J connectivity index is 2.25.